The Labute approximate surface area is 73.7 Å². The summed E-state index contributed by atoms with van der Waals surface area (Å²) in [5, 5.41) is 0. The van der Waals surface area contributed by atoms with Crippen LogP contribution < -0.4 is 0 Å². The Kier molecular flexibility index (Phi) is 3.51. The van der Waals surface area contributed by atoms with Crippen LogP contribution >= 0.6 is 0 Å². The molecule has 0 aromatic rings. The Bertz CT molecular complexity index is 257. The van der Waals surface area contributed by atoms with Gasteiger partial charge in [0.1, 0.15) is 0 Å². The minimum atomic E-state index is -3.31. The fourth-order valence-electron chi connectivity index (χ4n) is 0.712. The predicted octanol–water partition coefficient (Wildman–Crippen LogP) is -0.575. The number of nitrogens with zero attached hydrogens (tertiary/aromatic N) is 3. The first-order chi connectivity index (χ1) is 5.24. The number of hydrogen-bond donors (Lipinski definition) is 0. The van der Waals surface area contributed by atoms with Crippen LogP contribution in [0.1, 0.15) is 0 Å². The summed E-state index contributed by atoms with van der Waals surface area (Å²) in [6.07, 6.45) is 1.07. The highest BCUT2D eigenvalue weighted by atomic mass is 32.2. The molecule has 0 aliphatic carbocycles. The zero-order chi connectivity index (χ0) is 9.94. The van der Waals surface area contributed by atoms with Crippen molar-refractivity contribution in [1.82, 2.24) is 9.80 Å². The molecule has 0 aliphatic rings. The Morgan fingerprint density at radius 3 is 1.50 bits per heavy atom. The van der Waals surface area contributed by atoms with Gasteiger partial charge in [0, 0.05) is 28.2 Å². The molecule has 0 fully saturated rings. The molecule has 0 bridgehead atoms. The smallest absolute Gasteiger partial charge is 0.253 e. The maximum absolute atomic E-state index is 10.8. The van der Waals surface area contributed by atoms with Crippen LogP contribution in [0, 0.1) is 0 Å². The van der Waals surface area contributed by atoms with Gasteiger partial charge < -0.3 is 9.80 Å². The second-order valence-corrected chi connectivity index (χ2v) is 4.56. The highest BCUT2D eigenvalue weighted by molar-refractivity contribution is 7.89. The maximum atomic E-state index is 10.8. The molecular weight excluding hydrogens is 178 g/mol. The van der Waals surface area contributed by atoms with Crippen LogP contribution in [-0.2, 0) is 10.0 Å². The SMILES string of the molecule is CN(C)C(=NS(C)(=O)=O)N(C)C. The summed E-state index contributed by atoms with van der Waals surface area (Å²) in [5.74, 6) is 0.414. The van der Waals surface area contributed by atoms with E-state index in [1.54, 1.807) is 38.0 Å². The third-order valence-electron chi connectivity index (χ3n) is 1.05. The molecule has 0 rings (SSSR count). The van der Waals surface area contributed by atoms with Gasteiger partial charge in [0.25, 0.3) is 10.0 Å². The molecule has 0 heterocycles. The monoisotopic (exact) mass is 193 g/mol. The van der Waals surface area contributed by atoms with Crippen molar-refractivity contribution < 1.29 is 8.42 Å². The molecule has 0 N–H and O–H groups in total. The van der Waals surface area contributed by atoms with E-state index in [-0.39, 0.29) is 0 Å². The summed E-state index contributed by atoms with van der Waals surface area (Å²) in [6.45, 7) is 0. The van der Waals surface area contributed by atoms with Gasteiger partial charge in [-0.15, -0.1) is 4.40 Å². The van der Waals surface area contributed by atoms with Crippen molar-refractivity contribution in [3.05, 3.63) is 0 Å². The van der Waals surface area contributed by atoms with Crippen molar-refractivity contribution >= 4 is 16.0 Å². The molecule has 0 aromatic heterocycles. The van der Waals surface area contributed by atoms with Crippen molar-refractivity contribution in [2.75, 3.05) is 34.4 Å². The number of guanidine groups is 1. The number of rotatable bonds is 1. The summed E-state index contributed by atoms with van der Waals surface area (Å²) < 4.78 is 25.2. The van der Waals surface area contributed by atoms with Gasteiger partial charge in [0.15, 0.2) is 0 Å². The lowest BCUT2D eigenvalue weighted by Gasteiger charge is -2.21. The first-order valence-corrected chi connectivity index (χ1v) is 5.23. The fraction of sp³-hybridized carbons (Fsp3) is 0.833. The second kappa shape index (κ2) is 3.75. The number of hydrogen-bond acceptors (Lipinski definition) is 2. The fourth-order valence-corrected chi connectivity index (χ4v) is 1.33. The lowest BCUT2D eigenvalue weighted by atomic mass is 10.7. The van der Waals surface area contributed by atoms with Crippen LogP contribution in [0.15, 0.2) is 4.40 Å². The van der Waals surface area contributed by atoms with Crippen LogP contribution in [-0.4, -0.2) is 58.6 Å². The Hall–Kier alpha value is -0.780. The van der Waals surface area contributed by atoms with Crippen molar-refractivity contribution in [1.29, 1.82) is 0 Å². The first kappa shape index (κ1) is 11.2. The second-order valence-electron chi connectivity index (χ2n) is 2.91. The molecular formula is C6H15N3O2S. The zero-order valence-electron chi connectivity index (χ0n) is 8.07. The molecule has 0 saturated heterocycles. The van der Waals surface area contributed by atoms with Crippen LogP contribution in [0.4, 0.5) is 0 Å². The Morgan fingerprint density at radius 2 is 1.42 bits per heavy atom. The van der Waals surface area contributed by atoms with E-state index in [1.165, 1.54) is 0 Å². The van der Waals surface area contributed by atoms with Crippen LogP contribution in [0.5, 0.6) is 0 Å². The van der Waals surface area contributed by atoms with Gasteiger partial charge >= 0.3 is 0 Å². The molecule has 0 saturated carbocycles. The van der Waals surface area contributed by atoms with E-state index < -0.39 is 10.0 Å². The molecule has 12 heavy (non-hydrogen) atoms. The molecule has 0 radical (unpaired) electrons. The van der Waals surface area contributed by atoms with E-state index in [0.717, 1.165) is 6.26 Å². The highest BCUT2D eigenvalue weighted by Crippen LogP contribution is 1.93. The van der Waals surface area contributed by atoms with Gasteiger partial charge in [-0.1, -0.05) is 0 Å². The summed E-state index contributed by atoms with van der Waals surface area (Å²) >= 11 is 0. The normalized spacial score (nSPS) is 10.8. The standard InChI is InChI=1S/C6H15N3O2S/c1-8(2)6(9(3)4)7-12(5,10)11/h1-5H3. The molecule has 0 aliphatic heterocycles. The van der Waals surface area contributed by atoms with Crippen LogP contribution in [0.3, 0.4) is 0 Å². The average Bonchev–Trinajstić information content (AvgIpc) is 1.79. The van der Waals surface area contributed by atoms with Crippen LogP contribution in [0.2, 0.25) is 0 Å². The van der Waals surface area contributed by atoms with Crippen molar-refractivity contribution in [3.63, 3.8) is 0 Å². The Balaban J connectivity index is 4.88. The lowest BCUT2D eigenvalue weighted by molar-refractivity contribution is 0.484. The number of sulfonamides is 1. The average molecular weight is 193 g/mol. The zero-order valence-corrected chi connectivity index (χ0v) is 8.88. The van der Waals surface area contributed by atoms with Gasteiger partial charge in [-0.3, -0.25) is 0 Å². The van der Waals surface area contributed by atoms with E-state index in [4.69, 9.17) is 0 Å². The molecule has 0 unspecified atom stereocenters. The van der Waals surface area contributed by atoms with E-state index in [9.17, 15) is 8.42 Å². The highest BCUT2D eigenvalue weighted by Gasteiger charge is 2.07. The van der Waals surface area contributed by atoms with Crippen molar-refractivity contribution in [2.24, 2.45) is 4.40 Å². The van der Waals surface area contributed by atoms with Gasteiger partial charge in [-0.25, -0.2) is 8.42 Å². The molecule has 0 amide bonds. The summed E-state index contributed by atoms with van der Waals surface area (Å²) in [5.41, 5.74) is 0. The summed E-state index contributed by atoms with van der Waals surface area (Å²) in [7, 11) is 3.65. The molecule has 6 heteroatoms. The van der Waals surface area contributed by atoms with E-state index in [2.05, 4.69) is 4.40 Å². The van der Waals surface area contributed by atoms with E-state index >= 15 is 0 Å². The minimum absolute atomic E-state index is 0.414. The molecule has 0 aromatic carbocycles. The van der Waals surface area contributed by atoms with Gasteiger partial charge in [0.2, 0.25) is 5.96 Å². The Morgan fingerprint density at radius 1 is 1.08 bits per heavy atom. The molecule has 72 valence electrons. The quantitative estimate of drug-likeness (QED) is 0.413. The molecule has 0 atom stereocenters. The van der Waals surface area contributed by atoms with Gasteiger partial charge in [0.05, 0.1) is 6.26 Å². The topological polar surface area (TPSA) is 53.0 Å². The van der Waals surface area contributed by atoms with Gasteiger partial charge in [-0.05, 0) is 0 Å². The summed E-state index contributed by atoms with van der Waals surface area (Å²) in [6, 6.07) is 0. The summed E-state index contributed by atoms with van der Waals surface area (Å²) in [4.78, 5) is 3.28. The minimum Gasteiger partial charge on any atom is -0.348 e. The van der Waals surface area contributed by atoms with Crippen molar-refractivity contribution in [3.8, 4) is 0 Å². The first-order valence-electron chi connectivity index (χ1n) is 3.38. The van der Waals surface area contributed by atoms with E-state index in [0.29, 0.717) is 5.96 Å². The third-order valence-corrected chi connectivity index (χ3v) is 1.54. The van der Waals surface area contributed by atoms with Crippen LogP contribution in [0.25, 0.3) is 0 Å². The molecule has 0 spiro atoms. The lowest BCUT2D eigenvalue weighted by Crippen LogP contribution is -2.36. The maximum Gasteiger partial charge on any atom is 0.253 e. The van der Waals surface area contributed by atoms with E-state index in [1.807, 2.05) is 0 Å². The van der Waals surface area contributed by atoms with Crippen molar-refractivity contribution in [2.45, 2.75) is 0 Å². The molecule has 5 nitrogen and oxygen atoms in total. The third kappa shape index (κ3) is 4.17. The predicted molar refractivity (Wildman–Crippen MR) is 49.7 cm³/mol. The largest absolute Gasteiger partial charge is 0.348 e. The van der Waals surface area contributed by atoms with Gasteiger partial charge in [-0.2, -0.15) is 0 Å².